The molecule has 2 nitrogen and oxygen atoms in total. The number of hydrogen-bond donors (Lipinski definition) is 0. The van der Waals surface area contributed by atoms with Gasteiger partial charge in [0.05, 0.1) is 16.4 Å². The zero-order chi connectivity index (χ0) is 30.1. The van der Waals surface area contributed by atoms with Crippen molar-refractivity contribution in [3.05, 3.63) is 172 Å². The lowest BCUT2D eigenvalue weighted by molar-refractivity contribution is 0.669. The molecule has 11 rings (SSSR count). The predicted octanol–water partition coefficient (Wildman–Crippen LogP) is 11.8. The molecule has 0 bridgehead atoms. The van der Waals surface area contributed by atoms with Gasteiger partial charge in [0.2, 0.25) is 0 Å². The molecule has 46 heavy (non-hydrogen) atoms. The largest absolute Gasteiger partial charge is 0.456 e. The average molecular weight is 651 g/mol. The molecular formula is C43H24BrNO. The summed E-state index contributed by atoms with van der Waals surface area (Å²) in [6.45, 7) is 0. The van der Waals surface area contributed by atoms with E-state index < -0.39 is 0 Å². The Bertz CT molecular complexity index is 2730. The molecular weight excluding hydrogens is 626 g/mol. The van der Waals surface area contributed by atoms with Gasteiger partial charge in [-0.3, -0.25) is 0 Å². The molecule has 0 atom stereocenters. The molecule has 7 aromatic carbocycles. The second kappa shape index (κ2) is 8.66. The summed E-state index contributed by atoms with van der Waals surface area (Å²) in [6, 6.07) is 53.5. The van der Waals surface area contributed by atoms with Crippen molar-refractivity contribution < 1.29 is 4.42 Å². The SMILES string of the molecule is Brc1cccc2oc3ccc(-n4c5ccccc5c5c6c(ccc54)C4(c5ccccc5-c5ccccc54)c4ccccc4-6)cc3c12. The number of rotatable bonds is 1. The monoisotopic (exact) mass is 649 g/mol. The minimum absolute atomic E-state index is 0.364. The molecule has 0 aliphatic heterocycles. The number of para-hydroxylation sites is 1. The highest BCUT2D eigenvalue weighted by atomic mass is 79.9. The Morgan fingerprint density at radius 2 is 1.15 bits per heavy atom. The van der Waals surface area contributed by atoms with Crippen molar-refractivity contribution in [2.24, 2.45) is 0 Å². The van der Waals surface area contributed by atoms with Crippen LogP contribution in [-0.4, -0.2) is 4.57 Å². The number of fused-ring (bicyclic) bond motifs is 17. The van der Waals surface area contributed by atoms with Crippen molar-refractivity contribution in [2.75, 3.05) is 0 Å². The Kier molecular flexibility index (Phi) is 4.68. The highest BCUT2D eigenvalue weighted by Crippen LogP contribution is 2.64. The van der Waals surface area contributed by atoms with Crippen LogP contribution in [0.25, 0.3) is 71.7 Å². The van der Waals surface area contributed by atoms with E-state index in [4.69, 9.17) is 4.42 Å². The van der Waals surface area contributed by atoms with Crippen LogP contribution in [-0.2, 0) is 5.41 Å². The molecule has 2 aromatic heterocycles. The van der Waals surface area contributed by atoms with E-state index in [1.165, 1.54) is 66.3 Å². The van der Waals surface area contributed by atoms with Gasteiger partial charge in [-0.1, -0.05) is 119 Å². The third kappa shape index (κ3) is 2.84. The number of halogens is 1. The predicted molar refractivity (Wildman–Crippen MR) is 192 cm³/mol. The molecule has 0 unspecified atom stereocenters. The first-order valence-electron chi connectivity index (χ1n) is 15.7. The fourth-order valence-electron chi connectivity index (χ4n) is 8.83. The van der Waals surface area contributed by atoms with E-state index in [-0.39, 0.29) is 5.41 Å². The molecule has 0 N–H and O–H groups in total. The Balaban J connectivity index is 1.29. The van der Waals surface area contributed by atoms with Crippen molar-refractivity contribution in [1.29, 1.82) is 0 Å². The minimum atomic E-state index is -0.364. The zero-order valence-electron chi connectivity index (χ0n) is 24.6. The Labute approximate surface area is 273 Å². The Morgan fingerprint density at radius 1 is 0.478 bits per heavy atom. The topological polar surface area (TPSA) is 18.1 Å². The normalized spacial score (nSPS) is 13.9. The minimum Gasteiger partial charge on any atom is -0.456 e. The number of benzene rings is 7. The number of furan rings is 1. The number of aromatic nitrogens is 1. The van der Waals surface area contributed by atoms with Gasteiger partial charge in [0.1, 0.15) is 11.2 Å². The first-order valence-corrected chi connectivity index (χ1v) is 16.5. The summed E-state index contributed by atoms with van der Waals surface area (Å²) in [6.07, 6.45) is 0. The van der Waals surface area contributed by atoms with Crippen LogP contribution in [0.5, 0.6) is 0 Å². The van der Waals surface area contributed by atoms with Gasteiger partial charge < -0.3 is 8.98 Å². The molecule has 0 saturated carbocycles. The molecule has 0 radical (unpaired) electrons. The summed E-state index contributed by atoms with van der Waals surface area (Å²) < 4.78 is 9.73. The maximum atomic E-state index is 6.25. The van der Waals surface area contributed by atoms with Crippen molar-refractivity contribution in [2.45, 2.75) is 5.41 Å². The van der Waals surface area contributed by atoms with Crippen molar-refractivity contribution >= 4 is 59.7 Å². The van der Waals surface area contributed by atoms with E-state index in [2.05, 4.69) is 154 Å². The fraction of sp³-hybridized carbons (Fsp3) is 0.0233. The number of hydrogen-bond acceptors (Lipinski definition) is 1. The summed E-state index contributed by atoms with van der Waals surface area (Å²) in [5.41, 5.74) is 15.7. The third-order valence-corrected chi connectivity index (χ3v) is 11.1. The Morgan fingerprint density at radius 3 is 1.93 bits per heavy atom. The smallest absolute Gasteiger partial charge is 0.136 e. The van der Waals surface area contributed by atoms with Crippen LogP contribution < -0.4 is 0 Å². The second-order valence-electron chi connectivity index (χ2n) is 12.5. The van der Waals surface area contributed by atoms with Gasteiger partial charge in [0.25, 0.3) is 0 Å². The Hall–Kier alpha value is -5.38. The second-order valence-corrected chi connectivity index (χ2v) is 13.4. The highest BCUT2D eigenvalue weighted by Gasteiger charge is 2.52. The van der Waals surface area contributed by atoms with E-state index >= 15 is 0 Å². The van der Waals surface area contributed by atoms with Gasteiger partial charge in [-0.25, -0.2) is 0 Å². The molecule has 2 aliphatic rings. The third-order valence-electron chi connectivity index (χ3n) is 10.5. The van der Waals surface area contributed by atoms with Crippen molar-refractivity contribution in [3.8, 4) is 27.9 Å². The lowest BCUT2D eigenvalue weighted by Gasteiger charge is -2.30. The van der Waals surface area contributed by atoms with E-state index in [9.17, 15) is 0 Å². The first-order chi connectivity index (χ1) is 22.7. The first kappa shape index (κ1) is 24.9. The standard InChI is InChI=1S/C43H24BrNO/c44-35-17-9-19-39-41(35)30-24-25(20-23-38(30)46-39)45-36-18-8-4-13-29(36)42-37(45)22-21-34-40(42)28-12-3-7-16-33(28)43(34)31-14-5-1-10-26(31)27-11-2-6-15-32(27)43/h1-24H. The van der Waals surface area contributed by atoms with Gasteiger partial charge in [0, 0.05) is 31.7 Å². The van der Waals surface area contributed by atoms with Crippen LogP contribution >= 0.6 is 15.9 Å². The van der Waals surface area contributed by atoms with Crippen molar-refractivity contribution in [1.82, 2.24) is 4.57 Å². The van der Waals surface area contributed by atoms with Gasteiger partial charge in [0.15, 0.2) is 0 Å². The van der Waals surface area contributed by atoms with E-state index in [0.29, 0.717) is 0 Å². The van der Waals surface area contributed by atoms with Crippen molar-refractivity contribution in [3.63, 3.8) is 0 Å². The fourth-order valence-corrected chi connectivity index (χ4v) is 9.39. The van der Waals surface area contributed by atoms with E-state index in [1.807, 2.05) is 12.1 Å². The number of nitrogens with zero attached hydrogens (tertiary/aromatic N) is 1. The average Bonchev–Trinajstić information content (AvgIpc) is 3.82. The summed E-state index contributed by atoms with van der Waals surface area (Å²) in [7, 11) is 0. The van der Waals surface area contributed by atoms with Gasteiger partial charge >= 0.3 is 0 Å². The maximum Gasteiger partial charge on any atom is 0.136 e. The summed E-state index contributed by atoms with van der Waals surface area (Å²) in [5, 5.41) is 4.78. The molecule has 2 heterocycles. The van der Waals surface area contributed by atoms with Gasteiger partial charge in [-0.15, -0.1) is 0 Å². The van der Waals surface area contributed by atoms with Gasteiger partial charge in [-0.05, 0) is 87.0 Å². The van der Waals surface area contributed by atoms with E-state index in [0.717, 1.165) is 32.1 Å². The molecule has 2 aliphatic carbocycles. The summed E-state index contributed by atoms with van der Waals surface area (Å²) in [4.78, 5) is 0. The van der Waals surface area contributed by atoms with Crippen LogP contribution in [0.1, 0.15) is 22.3 Å². The molecule has 1 spiro atoms. The van der Waals surface area contributed by atoms with Gasteiger partial charge in [-0.2, -0.15) is 0 Å². The van der Waals surface area contributed by atoms with Crippen LogP contribution in [0.2, 0.25) is 0 Å². The maximum absolute atomic E-state index is 6.25. The molecule has 3 heteroatoms. The molecule has 0 amide bonds. The molecule has 0 fully saturated rings. The van der Waals surface area contributed by atoms with Crippen LogP contribution in [0.4, 0.5) is 0 Å². The molecule has 9 aromatic rings. The van der Waals surface area contributed by atoms with Crippen LogP contribution in [0.15, 0.2) is 154 Å². The summed E-state index contributed by atoms with van der Waals surface area (Å²) in [5.74, 6) is 0. The van der Waals surface area contributed by atoms with E-state index in [1.54, 1.807) is 0 Å². The lowest BCUT2D eigenvalue weighted by Crippen LogP contribution is -2.25. The summed E-state index contributed by atoms with van der Waals surface area (Å²) >= 11 is 3.78. The highest BCUT2D eigenvalue weighted by molar-refractivity contribution is 9.10. The van der Waals surface area contributed by atoms with Crippen LogP contribution in [0.3, 0.4) is 0 Å². The lowest BCUT2D eigenvalue weighted by atomic mass is 9.70. The quantitative estimate of drug-likeness (QED) is 0.173. The zero-order valence-corrected chi connectivity index (χ0v) is 26.2. The molecule has 214 valence electrons. The molecule has 0 saturated heterocycles. The van der Waals surface area contributed by atoms with Crippen LogP contribution in [0, 0.1) is 0 Å².